The molecule has 2 rings (SSSR count). The highest BCUT2D eigenvalue weighted by molar-refractivity contribution is 5.81. The lowest BCUT2D eigenvalue weighted by atomic mass is 9.68. The second-order valence-corrected chi connectivity index (χ2v) is 7.00. The van der Waals surface area contributed by atoms with Crippen molar-refractivity contribution in [2.75, 3.05) is 20.8 Å². The standard InChI is InChI=1S/C18H28N2O4/c1-23-17(21)16-11-15-10-13(6-4-3-5-9-19)7-8-14(15)12-20(16)18(22)24-2/h13-16H,3-8,10-12H2,1-2H3/t13-,14-,15+,16-/m0/s1. The van der Waals surface area contributed by atoms with E-state index in [1.807, 2.05) is 0 Å². The van der Waals surface area contributed by atoms with Gasteiger partial charge in [-0.05, 0) is 43.4 Å². The number of ether oxygens (including phenoxy) is 2. The van der Waals surface area contributed by atoms with Gasteiger partial charge >= 0.3 is 12.1 Å². The van der Waals surface area contributed by atoms with E-state index in [2.05, 4.69) is 6.07 Å². The van der Waals surface area contributed by atoms with Gasteiger partial charge in [-0.1, -0.05) is 19.3 Å². The molecule has 0 aromatic heterocycles. The molecular weight excluding hydrogens is 308 g/mol. The molecule has 134 valence electrons. The minimum absolute atomic E-state index is 0.352. The number of methoxy groups -OCH3 is 2. The third-order valence-electron chi connectivity index (χ3n) is 5.62. The van der Waals surface area contributed by atoms with Gasteiger partial charge in [-0.3, -0.25) is 4.90 Å². The summed E-state index contributed by atoms with van der Waals surface area (Å²) >= 11 is 0. The fourth-order valence-electron chi connectivity index (χ4n) is 4.32. The Labute approximate surface area is 144 Å². The van der Waals surface area contributed by atoms with E-state index in [9.17, 15) is 9.59 Å². The molecule has 0 aromatic carbocycles. The van der Waals surface area contributed by atoms with Crippen LogP contribution in [0.3, 0.4) is 0 Å². The van der Waals surface area contributed by atoms with Crippen LogP contribution >= 0.6 is 0 Å². The van der Waals surface area contributed by atoms with Crippen molar-refractivity contribution in [1.82, 2.24) is 4.90 Å². The van der Waals surface area contributed by atoms with Gasteiger partial charge in [-0.25, -0.2) is 9.59 Å². The van der Waals surface area contributed by atoms with E-state index < -0.39 is 12.1 Å². The molecule has 1 saturated carbocycles. The summed E-state index contributed by atoms with van der Waals surface area (Å²) in [5, 5.41) is 8.62. The largest absolute Gasteiger partial charge is 0.467 e. The number of likely N-dealkylation sites (tertiary alicyclic amines) is 1. The topological polar surface area (TPSA) is 79.6 Å². The first kappa shape index (κ1) is 18.6. The first-order valence-corrected chi connectivity index (χ1v) is 8.90. The lowest BCUT2D eigenvalue weighted by Crippen LogP contribution is -2.54. The Morgan fingerprint density at radius 3 is 2.58 bits per heavy atom. The maximum absolute atomic E-state index is 12.1. The van der Waals surface area contributed by atoms with Crippen LogP contribution in [0.4, 0.5) is 4.79 Å². The quantitative estimate of drug-likeness (QED) is 0.569. The molecule has 2 fully saturated rings. The third-order valence-corrected chi connectivity index (χ3v) is 5.62. The van der Waals surface area contributed by atoms with Gasteiger partial charge in [0.1, 0.15) is 6.04 Å². The van der Waals surface area contributed by atoms with Crippen LogP contribution in [0, 0.1) is 29.1 Å². The molecular formula is C18H28N2O4. The van der Waals surface area contributed by atoms with Crippen molar-refractivity contribution in [3.8, 4) is 6.07 Å². The highest BCUT2D eigenvalue weighted by Crippen LogP contribution is 2.42. The summed E-state index contributed by atoms with van der Waals surface area (Å²) in [5.74, 6) is 1.23. The zero-order chi connectivity index (χ0) is 17.5. The number of unbranched alkanes of at least 4 members (excludes halogenated alkanes) is 2. The number of hydrogen-bond donors (Lipinski definition) is 0. The number of piperidine rings is 1. The van der Waals surface area contributed by atoms with Crippen molar-refractivity contribution in [2.24, 2.45) is 17.8 Å². The number of nitriles is 1. The summed E-state index contributed by atoms with van der Waals surface area (Å²) in [6.45, 7) is 0.582. The molecule has 0 spiro atoms. The van der Waals surface area contributed by atoms with E-state index in [0.717, 1.165) is 32.1 Å². The Balaban J connectivity index is 1.95. The van der Waals surface area contributed by atoms with Crippen LogP contribution in [0.2, 0.25) is 0 Å². The minimum Gasteiger partial charge on any atom is -0.467 e. The zero-order valence-electron chi connectivity index (χ0n) is 14.7. The van der Waals surface area contributed by atoms with Crippen molar-refractivity contribution in [3.63, 3.8) is 0 Å². The molecule has 1 amide bonds. The van der Waals surface area contributed by atoms with Crippen molar-refractivity contribution in [1.29, 1.82) is 5.26 Å². The van der Waals surface area contributed by atoms with E-state index >= 15 is 0 Å². The second kappa shape index (κ2) is 8.91. The normalized spacial score (nSPS) is 29.3. The molecule has 1 aliphatic carbocycles. The van der Waals surface area contributed by atoms with Crippen molar-refractivity contribution >= 4 is 12.1 Å². The van der Waals surface area contributed by atoms with Gasteiger partial charge in [0, 0.05) is 13.0 Å². The van der Waals surface area contributed by atoms with Crippen molar-refractivity contribution < 1.29 is 19.1 Å². The molecule has 1 saturated heterocycles. The Bertz CT molecular complexity index is 488. The smallest absolute Gasteiger partial charge is 0.410 e. The number of rotatable bonds is 5. The number of nitrogens with zero attached hydrogens (tertiary/aromatic N) is 2. The Morgan fingerprint density at radius 1 is 1.12 bits per heavy atom. The molecule has 0 unspecified atom stereocenters. The maximum Gasteiger partial charge on any atom is 0.410 e. The number of amides is 1. The molecule has 0 radical (unpaired) electrons. The fourth-order valence-corrected chi connectivity index (χ4v) is 4.32. The Morgan fingerprint density at radius 2 is 1.92 bits per heavy atom. The summed E-state index contributed by atoms with van der Waals surface area (Å²) in [7, 11) is 2.71. The van der Waals surface area contributed by atoms with Gasteiger partial charge in [0.25, 0.3) is 0 Å². The number of esters is 1. The summed E-state index contributed by atoms with van der Waals surface area (Å²) in [4.78, 5) is 25.6. The Kier molecular flexibility index (Phi) is 6.89. The molecule has 24 heavy (non-hydrogen) atoms. The van der Waals surface area contributed by atoms with Crippen LogP contribution in [-0.2, 0) is 14.3 Å². The van der Waals surface area contributed by atoms with E-state index in [0.29, 0.717) is 37.1 Å². The molecule has 6 heteroatoms. The van der Waals surface area contributed by atoms with Crippen LogP contribution in [0.1, 0.15) is 51.4 Å². The predicted molar refractivity (Wildman–Crippen MR) is 87.9 cm³/mol. The fraction of sp³-hybridized carbons (Fsp3) is 0.833. The Hall–Kier alpha value is -1.77. The number of fused-ring (bicyclic) bond motifs is 1. The lowest BCUT2D eigenvalue weighted by Gasteiger charge is -2.46. The first-order chi connectivity index (χ1) is 11.6. The van der Waals surface area contributed by atoms with Crippen LogP contribution in [0.25, 0.3) is 0 Å². The van der Waals surface area contributed by atoms with E-state index in [4.69, 9.17) is 14.7 Å². The number of carbonyl (C=O) groups excluding carboxylic acids is 2. The minimum atomic E-state index is -0.527. The first-order valence-electron chi connectivity index (χ1n) is 8.90. The van der Waals surface area contributed by atoms with Crippen LogP contribution in [0.5, 0.6) is 0 Å². The molecule has 0 aromatic rings. The average molecular weight is 336 g/mol. The van der Waals surface area contributed by atoms with Crippen LogP contribution in [-0.4, -0.2) is 43.8 Å². The van der Waals surface area contributed by atoms with Crippen molar-refractivity contribution in [2.45, 2.75) is 57.4 Å². The maximum atomic E-state index is 12.1. The second-order valence-electron chi connectivity index (χ2n) is 7.00. The van der Waals surface area contributed by atoms with Gasteiger partial charge in [0.2, 0.25) is 0 Å². The molecule has 1 heterocycles. The summed E-state index contributed by atoms with van der Waals surface area (Å²) in [6, 6.07) is 1.67. The molecule has 0 N–H and O–H groups in total. The average Bonchev–Trinajstić information content (AvgIpc) is 2.62. The zero-order valence-corrected chi connectivity index (χ0v) is 14.7. The molecule has 6 nitrogen and oxygen atoms in total. The SMILES string of the molecule is COC(=O)[C@@H]1C[C@H]2C[C@@H](CCCCC#N)CC[C@H]2CN1C(=O)OC. The molecule has 4 atom stereocenters. The third kappa shape index (κ3) is 4.40. The lowest BCUT2D eigenvalue weighted by molar-refractivity contribution is -0.149. The predicted octanol–water partition coefficient (Wildman–Crippen LogP) is 3.12. The molecule has 0 bridgehead atoms. The highest BCUT2D eigenvalue weighted by atomic mass is 16.5. The van der Waals surface area contributed by atoms with Gasteiger partial charge in [0.15, 0.2) is 0 Å². The number of hydrogen-bond acceptors (Lipinski definition) is 5. The van der Waals surface area contributed by atoms with Gasteiger partial charge < -0.3 is 9.47 Å². The monoisotopic (exact) mass is 336 g/mol. The van der Waals surface area contributed by atoms with E-state index in [1.54, 1.807) is 4.90 Å². The summed E-state index contributed by atoms with van der Waals surface area (Å²) in [6.07, 6.45) is 7.47. The summed E-state index contributed by atoms with van der Waals surface area (Å²) < 4.78 is 9.74. The van der Waals surface area contributed by atoms with Crippen LogP contribution < -0.4 is 0 Å². The van der Waals surface area contributed by atoms with Gasteiger partial charge in [-0.15, -0.1) is 0 Å². The van der Waals surface area contributed by atoms with E-state index in [-0.39, 0.29) is 5.97 Å². The van der Waals surface area contributed by atoms with Crippen molar-refractivity contribution in [3.05, 3.63) is 0 Å². The molecule has 2 aliphatic rings. The highest BCUT2D eigenvalue weighted by Gasteiger charge is 2.44. The van der Waals surface area contributed by atoms with E-state index in [1.165, 1.54) is 20.6 Å². The van der Waals surface area contributed by atoms with Gasteiger partial charge in [0.05, 0.1) is 20.3 Å². The summed E-state index contributed by atoms with van der Waals surface area (Å²) in [5.41, 5.74) is 0. The van der Waals surface area contributed by atoms with Gasteiger partial charge in [-0.2, -0.15) is 5.26 Å². The number of carbonyl (C=O) groups is 2. The van der Waals surface area contributed by atoms with Crippen LogP contribution in [0.15, 0.2) is 0 Å². The molecule has 1 aliphatic heterocycles.